The maximum atomic E-state index is 2.46. The fraction of sp³-hybridized carbons (Fsp3) is 0.0435. The lowest BCUT2D eigenvalue weighted by atomic mass is 9.81. The van der Waals surface area contributed by atoms with Crippen LogP contribution < -0.4 is 4.90 Å². The van der Waals surface area contributed by atoms with Crippen LogP contribution in [0.15, 0.2) is 255 Å². The van der Waals surface area contributed by atoms with E-state index in [-0.39, 0.29) is 5.41 Å². The third kappa shape index (κ3) is 6.49. The van der Waals surface area contributed by atoms with Gasteiger partial charge in [0, 0.05) is 38.9 Å². The van der Waals surface area contributed by atoms with Gasteiger partial charge in [0.25, 0.3) is 0 Å². The lowest BCUT2D eigenvalue weighted by Gasteiger charge is -2.28. The normalized spacial score (nSPS) is 12.8. The Morgan fingerprint density at radius 3 is 1.46 bits per heavy atom. The minimum atomic E-state index is -0.232. The molecule has 0 N–H and O–H groups in total. The number of hydrogen-bond donors (Lipinski definition) is 0. The number of rotatable bonds is 7. The molecule has 2 nitrogen and oxygen atoms in total. The van der Waals surface area contributed by atoms with E-state index in [2.05, 4.69) is 278 Å². The first-order valence-corrected chi connectivity index (χ1v) is 24.7. The quantitative estimate of drug-likeness (QED) is 0.145. The van der Waals surface area contributed by atoms with Crippen LogP contribution in [0.5, 0.6) is 0 Å². The molecule has 1 aliphatic rings. The fourth-order valence-corrected chi connectivity index (χ4v) is 11.9. The van der Waals surface area contributed by atoms with Crippen molar-refractivity contribution in [2.75, 3.05) is 4.90 Å². The highest BCUT2D eigenvalue weighted by molar-refractivity contribution is 6.21. The van der Waals surface area contributed by atoms with E-state index >= 15 is 0 Å². The molecule has 0 fully saturated rings. The molecule has 0 radical (unpaired) electrons. The van der Waals surface area contributed by atoms with Gasteiger partial charge in [-0.25, -0.2) is 0 Å². The Bertz CT molecular complexity index is 4180. The van der Waals surface area contributed by atoms with E-state index in [4.69, 9.17) is 0 Å². The Labute approximate surface area is 414 Å². The summed E-state index contributed by atoms with van der Waals surface area (Å²) in [5.41, 5.74) is 19.4. The van der Waals surface area contributed by atoms with Gasteiger partial charge in [-0.2, -0.15) is 0 Å². The van der Waals surface area contributed by atoms with Gasteiger partial charge in [-0.05, 0) is 161 Å². The van der Waals surface area contributed by atoms with Crippen LogP contribution in [0.4, 0.5) is 17.1 Å². The second-order valence-corrected chi connectivity index (χ2v) is 19.7. The van der Waals surface area contributed by atoms with E-state index in [1.165, 1.54) is 110 Å². The first-order chi connectivity index (χ1) is 35.0. The molecule has 1 heterocycles. The van der Waals surface area contributed by atoms with Crippen molar-refractivity contribution in [3.63, 3.8) is 0 Å². The summed E-state index contributed by atoms with van der Waals surface area (Å²) >= 11 is 0. The number of para-hydroxylation sites is 2. The Morgan fingerprint density at radius 2 is 0.775 bits per heavy atom. The zero-order valence-electron chi connectivity index (χ0n) is 39.6. The molecule has 1 aromatic heterocycles. The van der Waals surface area contributed by atoms with Crippen molar-refractivity contribution in [2.45, 2.75) is 19.3 Å². The second kappa shape index (κ2) is 16.1. The summed E-state index contributed by atoms with van der Waals surface area (Å²) in [5.74, 6) is 0. The molecule has 13 aromatic rings. The van der Waals surface area contributed by atoms with Gasteiger partial charge in [-0.15, -0.1) is 0 Å². The van der Waals surface area contributed by atoms with Gasteiger partial charge in [-0.1, -0.05) is 196 Å². The highest BCUT2D eigenvalue weighted by atomic mass is 15.1. The topological polar surface area (TPSA) is 8.17 Å². The van der Waals surface area contributed by atoms with Crippen molar-refractivity contribution in [2.24, 2.45) is 0 Å². The van der Waals surface area contributed by atoms with Gasteiger partial charge in [0.15, 0.2) is 0 Å². The standard InChI is InChI=1S/C69H48N2/c1-69(2)63-42-50(49-30-29-45-17-9-10-20-48(45)41-49)33-38-55(63)56-39-36-54(44-64(56)69)70(53-37-40-66-62(43-53)57-23-15-16-28-65(57)71(66)51-21-7-4-8-22-51)52-34-31-47(32-35-52)68-60-26-13-11-24-58(60)67(46-18-5-3-6-19-46)59-25-12-14-27-61(59)68/h3-44H,1-2H3. The highest BCUT2D eigenvalue weighted by Gasteiger charge is 2.36. The molecule has 0 bridgehead atoms. The molecule has 14 rings (SSSR count). The Kier molecular flexibility index (Phi) is 9.28. The number of nitrogens with zero attached hydrogens (tertiary/aromatic N) is 2. The van der Waals surface area contributed by atoms with Crippen LogP contribution in [-0.4, -0.2) is 4.57 Å². The van der Waals surface area contributed by atoms with Gasteiger partial charge in [0.2, 0.25) is 0 Å². The van der Waals surface area contributed by atoms with Crippen LogP contribution in [0.2, 0.25) is 0 Å². The number of anilines is 3. The molecule has 12 aromatic carbocycles. The maximum Gasteiger partial charge on any atom is 0.0542 e. The summed E-state index contributed by atoms with van der Waals surface area (Å²) in [6.45, 7) is 4.79. The first-order valence-electron chi connectivity index (χ1n) is 24.7. The molecule has 71 heavy (non-hydrogen) atoms. The minimum Gasteiger partial charge on any atom is -0.310 e. The summed E-state index contributed by atoms with van der Waals surface area (Å²) < 4.78 is 2.40. The van der Waals surface area contributed by atoms with E-state index in [9.17, 15) is 0 Å². The summed E-state index contributed by atoms with van der Waals surface area (Å²) in [4.78, 5) is 2.46. The lowest BCUT2D eigenvalue weighted by Crippen LogP contribution is -2.16. The summed E-state index contributed by atoms with van der Waals surface area (Å²) in [6, 6.07) is 94.2. The fourth-order valence-electron chi connectivity index (χ4n) is 11.9. The third-order valence-electron chi connectivity index (χ3n) is 15.3. The largest absolute Gasteiger partial charge is 0.310 e. The number of fused-ring (bicyclic) bond motifs is 9. The van der Waals surface area contributed by atoms with Crippen LogP contribution in [0, 0.1) is 0 Å². The van der Waals surface area contributed by atoms with Crippen LogP contribution in [-0.2, 0) is 5.41 Å². The van der Waals surface area contributed by atoms with E-state index in [0.717, 1.165) is 22.7 Å². The average molecular weight is 905 g/mol. The van der Waals surface area contributed by atoms with Crippen LogP contribution in [0.25, 0.3) is 104 Å². The Balaban J connectivity index is 0.935. The van der Waals surface area contributed by atoms with Gasteiger partial charge in [0.1, 0.15) is 0 Å². The van der Waals surface area contributed by atoms with E-state index in [0.29, 0.717) is 0 Å². The maximum absolute atomic E-state index is 2.46. The first kappa shape index (κ1) is 41.0. The Hall–Kier alpha value is -8.98. The molecule has 0 unspecified atom stereocenters. The monoisotopic (exact) mass is 904 g/mol. The summed E-state index contributed by atoms with van der Waals surface area (Å²) in [6.07, 6.45) is 0. The van der Waals surface area contributed by atoms with E-state index in [1.54, 1.807) is 0 Å². The average Bonchev–Trinajstić information content (AvgIpc) is 3.87. The van der Waals surface area contributed by atoms with E-state index in [1.807, 2.05) is 0 Å². The van der Waals surface area contributed by atoms with Crippen molar-refractivity contribution in [3.05, 3.63) is 266 Å². The number of aromatic nitrogens is 1. The SMILES string of the molecule is CC1(C)c2cc(-c3ccc4ccccc4c3)ccc2-c2ccc(N(c3ccc(-c4c5ccccc5c(-c5ccccc5)c5ccccc45)cc3)c3ccc4c(c3)c3ccccc3n4-c3ccccc3)cc21. The molecular formula is C69H48N2. The zero-order valence-corrected chi connectivity index (χ0v) is 39.6. The van der Waals surface area contributed by atoms with E-state index < -0.39 is 0 Å². The zero-order chi connectivity index (χ0) is 47.2. The third-order valence-corrected chi connectivity index (χ3v) is 15.3. The molecular weight excluding hydrogens is 857 g/mol. The van der Waals surface area contributed by atoms with Gasteiger partial charge < -0.3 is 9.47 Å². The van der Waals surface area contributed by atoms with Crippen molar-refractivity contribution in [3.8, 4) is 50.2 Å². The van der Waals surface area contributed by atoms with Crippen LogP contribution in [0.3, 0.4) is 0 Å². The molecule has 334 valence electrons. The molecule has 0 saturated heterocycles. The predicted octanol–water partition coefficient (Wildman–Crippen LogP) is 19.0. The number of hydrogen-bond acceptors (Lipinski definition) is 1. The highest BCUT2D eigenvalue weighted by Crippen LogP contribution is 2.52. The minimum absolute atomic E-state index is 0.232. The van der Waals surface area contributed by atoms with Crippen molar-refractivity contribution < 1.29 is 0 Å². The smallest absolute Gasteiger partial charge is 0.0542 e. The van der Waals surface area contributed by atoms with Gasteiger partial charge in [-0.3, -0.25) is 0 Å². The Morgan fingerprint density at radius 1 is 0.310 bits per heavy atom. The molecule has 0 aliphatic heterocycles. The molecule has 0 atom stereocenters. The lowest BCUT2D eigenvalue weighted by molar-refractivity contribution is 0.660. The van der Waals surface area contributed by atoms with Gasteiger partial charge >= 0.3 is 0 Å². The molecule has 0 amide bonds. The van der Waals surface area contributed by atoms with Crippen molar-refractivity contribution in [1.29, 1.82) is 0 Å². The molecule has 2 heteroatoms. The van der Waals surface area contributed by atoms with Crippen molar-refractivity contribution >= 4 is 71.2 Å². The molecule has 1 aliphatic carbocycles. The summed E-state index contributed by atoms with van der Waals surface area (Å²) in [5, 5.41) is 9.98. The van der Waals surface area contributed by atoms with Crippen molar-refractivity contribution in [1.82, 2.24) is 4.57 Å². The van der Waals surface area contributed by atoms with Crippen LogP contribution in [0.1, 0.15) is 25.0 Å². The molecule has 0 saturated carbocycles. The number of benzene rings is 12. The van der Waals surface area contributed by atoms with Crippen LogP contribution >= 0.6 is 0 Å². The summed E-state index contributed by atoms with van der Waals surface area (Å²) in [7, 11) is 0. The van der Waals surface area contributed by atoms with Gasteiger partial charge in [0.05, 0.1) is 11.0 Å². The second-order valence-electron chi connectivity index (χ2n) is 19.7. The predicted molar refractivity (Wildman–Crippen MR) is 302 cm³/mol. The molecule has 0 spiro atoms.